The molecule has 2 aromatic rings. The van der Waals surface area contributed by atoms with Crippen molar-refractivity contribution in [3.8, 4) is 0 Å². The Morgan fingerprint density at radius 1 is 1.41 bits per heavy atom. The van der Waals surface area contributed by atoms with Gasteiger partial charge in [0.2, 0.25) is 0 Å². The van der Waals surface area contributed by atoms with E-state index < -0.39 is 0 Å². The summed E-state index contributed by atoms with van der Waals surface area (Å²) in [5.74, 6) is 0.881. The number of hydrogen-bond donors (Lipinski definition) is 1. The molecule has 0 atom stereocenters. The van der Waals surface area contributed by atoms with E-state index in [0.29, 0.717) is 6.54 Å². The van der Waals surface area contributed by atoms with E-state index in [4.69, 9.17) is 5.73 Å². The van der Waals surface area contributed by atoms with Crippen LogP contribution in [0.5, 0.6) is 0 Å². The third-order valence-electron chi connectivity index (χ3n) is 2.64. The van der Waals surface area contributed by atoms with Gasteiger partial charge in [-0.2, -0.15) is 5.10 Å². The van der Waals surface area contributed by atoms with Crippen molar-refractivity contribution in [3.05, 3.63) is 40.2 Å². The van der Waals surface area contributed by atoms with Crippen LogP contribution >= 0.6 is 11.3 Å². The van der Waals surface area contributed by atoms with Gasteiger partial charge in [0, 0.05) is 30.6 Å². The maximum absolute atomic E-state index is 5.69. The highest BCUT2D eigenvalue weighted by molar-refractivity contribution is 7.09. The van der Waals surface area contributed by atoms with Crippen LogP contribution < -0.4 is 10.6 Å². The zero-order valence-electron chi connectivity index (χ0n) is 9.84. The number of likely N-dealkylation sites (N-methyl/N-ethyl adjacent to an activating group) is 1. The number of rotatable bonds is 5. The van der Waals surface area contributed by atoms with Crippen LogP contribution in [0.25, 0.3) is 0 Å². The second kappa shape index (κ2) is 5.75. The number of aromatic nitrogens is 2. The average Bonchev–Trinajstić information content (AvgIpc) is 2.89. The molecular weight excluding hydrogens is 232 g/mol. The van der Waals surface area contributed by atoms with Crippen LogP contribution in [0, 0.1) is 0 Å². The summed E-state index contributed by atoms with van der Waals surface area (Å²) in [6.07, 6.45) is 2.70. The lowest BCUT2D eigenvalue weighted by Crippen LogP contribution is -2.23. The maximum atomic E-state index is 5.69. The lowest BCUT2D eigenvalue weighted by atomic mass is 10.2. The van der Waals surface area contributed by atoms with Gasteiger partial charge < -0.3 is 10.6 Å². The summed E-state index contributed by atoms with van der Waals surface area (Å²) in [6.45, 7) is 1.42. The molecule has 0 radical (unpaired) electrons. The third-order valence-corrected chi connectivity index (χ3v) is 3.57. The van der Waals surface area contributed by atoms with E-state index >= 15 is 0 Å². The van der Waals surface area contributed by atoms with Crippen molar-refractivity contribution < 1.29 is 0 Å². The van der Waals surface area contributed by atoms with Gasteiger partial charge in [-0.05, 0) is 23.9 Å². The van der Waals surface area contributed by atoms with E-state index in [1.54, 1.807) is 17.5 Å². The molecule has 90 valence electrons. The zero-order chi connectivity index (χ0) is 12.1. The molecule has 0 amide bonds. The van der Waals surface area contributed by atoms with Gasteiger partial charge in [-0.1, -0.05) is 6.07 Å². The van der Waals surface area contributed by atoms with Gasteiger partial charge in [0.25, 0.3) is 0 Å². The highest BCUT2D eigenvalue weighted by Crippen LogP contribution is 2.15. The van der Waals surface area contributed by atoms with Gasteiger partial charge in [0.1, 0.15) is 0 Å². The molecule has 2 N–H and O–H groups in total. The Bertz CT molecular complexity index is 455. The minimum Gasteiger partial charge on any atom is -0.358 e. The van der Waals surface area contributed by atoms with Crippen LogP contribution in [0.15, 0.2) is 29.8 Å². The van der Waals surface area contributed by atoms with Gasteiger partial charge in [0.05, 0.1) is 6.20 Å². The number of nitrogens with two attached hydrogens (primary N) is 1. The van der Waals surface area contributed by atoms with Crippen molar-refractivity contribution >= 4 is 17.2 Å². The summed E-state index contributed by atoms with van der Waals surface area (Å²) in [4.78, 5) is 3.49. The molecule has 0 spiro atoms. The molecule has 0 aromatic carbocycles. The van der Waals surface area contributed by atoms with Gasteiger partial charge in [-0.25, -0.2) is 0 Å². The Morgan fingerprint density at radius 3 is 3.00 bits per heavy atom. The van der Waals surface area contributed by atoms with Crippen LogP contribution in [0.4, 0.5) is 5.82 Å². The first-order valence-corrected chi connectivity index (χ1v) is 6.43. The van der Waals surface area contributed by atoms with Crippen LogP contribution in [-0.4, -0.2) is 23.8 Å². The van der Waals surface area contributed by atoms with Gasteiger partial charge in [-0.15, -0.1) is 16.4 Å². The van der Waals surface area contributed by atoms with Crippen molar-refractivity contribution in [2.75, 3.05) is 18.5 Å². The highest BCUT2D eigenvalue weighted by atomic mass is 32.1. The fraction of sp³-hybridized carbons (Fsp3) is 0.333. The lowest BCUT2D eigenvalue weighted by Gasteiger charge is -2.19. The fourth-order valence-corrected chi connectivity index (χ4v) is 2.37. The first-order valence-electron chi connectivity index (χ1n) is 5.55. The summed E-state index contributed by atoms with van der Waals surface area (Å²) in [5, 5.41) is 10.2. The summed E-state index contributed by atoms with van der Waals surface area (Å²) in [6, 6.07) is 6.15. The van der Waals surface area contributed by atoms with Crippen molar-refractivity contribution in [2.24, 2.45) is 5.73 Å². The molecule has 0 saturated heterocycles. The fourth-order valence-electron chi connectivity index (χ4n) is 1.67. The van der Waals surface area contributed by atoms with Crippen LogP contribution in [0.2, 0.25) is 0 Å². The molecule has 0 aliphatic heterocycles. The average molecular weight is 248 g/mol. The second-order valence-corrected chi connectivity index (χ2v) is 4.87. The molecule has 0 fully saturated rings. The third kappa shape index (κ3) is 3.01. The van der Waals surface area contributed by atoms with E-state index in [1.807, 2.05) is 13.1 Å². The molecule has 0 bridgehead atoms. The Kier molecular flexibility index (Phi) is 4.06. The predicted octanol–water partition coefficient (Wildman–Crippen LogP) is 1.68. The van der Waals surface area contributed by atoms with E-state index in [0.717, 1.165) is 24.3 Å². The molecule has 2 heterocycles. The summed E-state index contributed by atoms with van der Waals surface area (Å²) < 4.78 is 0. The first-order chi connectivity index (χ1) is 8.31. The Balaban J connectivity index is 2.01. The topological polar surface area (TPSA) is 55.0 Å². The molecular formula is C12H16N4S. The van der Waals surface area contributed by atoms with Crippen LogP contribution in [0.3, 0.4) is 0 Å². The van der Waals surface area contributed by atoms with E-state index in [-0.39, 0.29) is 0 Å². The number of hydrogen-bond acceptors (Lipinski definition) is 5. The minimum atomic E-state index is 0.494. The summed E-state index contributed by atoms with van der Waals surface area (Å²) in [5.41, 5.74) is 6.72. The number of nitrogens with zero attached hydrogens (tertiary/aromatic N) is 3. The quantitative estimate of drug-likeness (QED) is 0.874. The molecule has 0 aliphatic carbocycles. The summed E-state index contributed by atoms with van der Waals surface area (Å²) >= 11 is 1.78. The Hall–Kier alpha value is -1.46. The Labute approximate surface area is 105 Å². The molecule has 0 unspecified atom stereocenters. The molecule has 2 rings (SSSR count). The van der Waals surface area contributed by atoms with Crippen molar-refractivity contribution in [1.29, 1.82) is 0 Å². The molecule has 2 aromatic heterocycles. The molecule has 4 nitrogen and oxygen atoms in total. The minimum absolute atomic E-state index is 0.494. The molecule has 5 heteroatoms. The van der Waals surface area contributed by atoms with Gasteiger partial charge in [0.15, 0.2) is 5.82 Å². The van der Waals surface area contributed by atoms with E-state index in [9.17, 15) is 0 Å². The number of anilines is 1. The first kappa shape index (κ1) is 12.0. The van der Waals surface area contributed by atoms with E-state index in [2.05, 4.69) is 32.6 Å². The van der Waals surface area contributed by atoms with Crippen LogP contribution in [0.1, 0.15) is 10.4 Å². The Morgan fingerprint density at radius 2 is 2.29 bits per heavy atom. The SMILES string of the molecule is CN(CCc1cccs1)c1nnccc1CN. The monoisotopic (exact) mass is 248 g/mol. The van der Waals surface area contributed by atoms with Crippen molar-refractivity contribution in [1.82, 2.24) is 10.2 Å². The normalized spacial score (nSPS) is 10.5. The largest absolute Gasteiger partial charge is 0.358 e. The molecule has 0 saturated carbocycles. The molecule has 17 heavy (non-hydrogen) atoms. The van der Waals surface area contributed by atoms with Gasteiger partial charge in [-0.3, -0.25) is 0 Å². The molecule has 0 aliphatic rings. The standard InChI is InChI=1S/C12H16N4S/c1-16(7-5-11-3-2-8-17-11)12-10(9-13)4-6-14-15-12/h2-4,6,8H,5,7,9,13H2,1H3. The second-order valence-electron chi connectivity index (χ2n) is 3.84. The highest BCUT2D eigenvalue weighted by Gasteiger charge is 2.08. The van der Waals surface area contributed by atoms with Gasteiger partial charge >= 0.3 is 0 Å². The maximum Gasteiger partial charge on any atom is 0.155 e. The smallest absolute Gasteiger partial charge is 0.155 e. The van der Waals surface area contributed by atoms with E-state index in [1.165, 1.54) is 4.88 Å². The summed E-state index contributed by atoms with van der Waals surface area (Å²) in [7, 11) is 2.02. The zero-order valence-corrected chi connectivity index (χ0v) is 10.7. The predicted molar refractivity (Wildman–Crippen MR) is 71.2 cm³/mol. The van der Waals surface area contributed by atoms with Crippen molar-refractivity contribution in [3.63, 3.8) is 0 Å². The lowest BCUT2D eigenvalue weighted by molar-refractivity contribution is 0.828. The number of thiophene rings is 1. The van der Waals surface area contributed by atoms with Crippen LogP contribution in [-0.2, 0) is 13.0 Å². The van der Waals surface area contributed by atoms with Crippen molar-refractivity contribution in [2.45, 2.75) is 13.0 Å².